The van der Waals surface area contributed by atoms with Crippen LogP contribution >= 0.6 is 12.4 Å². The predicted molar refractivity (Wildman–Crippen MR) is 43.5 cm³/mol. The van der Waals surface area contributed by atoms with Crippen molar-refractivity contribution >= 4 is 12.4 Å². The molecule has 0 atom stereocenters. The number of hydrogen-bond donors (Lipinski definition) is 1. The van der Waals surface area contributed by atoms with Gasteiger partial charge in [-0.15, -0.1) is 12.4 Å². The molecule has 0 aromatic rings. The van der Waals surface area contributed by atoms with Crippen LogP contribution in [0, 0.1) is 0 Å². The van der Waals surface area contributed by atoms with Gasteiger partial charge in [0.15, 0.2) is 0 Å². The zero-order valence-corrected chi connectivity index (χ0v) is 7.40. The molecule has 0 heterocycles. The number of hydrogen-bond acceptors (Lipinski definition) is 2. The number of halogens is 1. The highest BCUT2D eigenvalue weighted by molar-refractivity contribution is 5.85. The highest BCUT2D eigenvalue weighted by Crippen LogP contribution is 1.95. The molecule has 3 heteroatoms. The average Bonchev–Trinajstić information content (AvgIpc) is 1.64. The highest BCUT2D eigenvalue weighted by Gasteiger charge is 2.05. The predicted octanol–water partition coefficient (Wildman–Crippen LogP) is 1.40. The van der Waals surface area contributed by atoms with Crippen molar-refractivity contribution in [3.63, 3.8) is 0 Å². The van der Waals surface area contributed by atoms with E-state index in [0.29, 0.717) is 12.1 Å². The van der Waals surface area contributed by atoms with Crippen LogP contribution in [0.1, 0.15) is 27.7 Å². The van der Waals surface area contributed by atoms with E-state index in [4.69, 9.17) is 5.84 Å². The molecule has 0 radical (unpaired) electrons. The second kappa shape index (κ2) is 5.03. The molecule has 0 amide bonds. The summed E-state index contributed by atoms with van der Waals surface area (Å²) in [6.45, 7) is 8.33. The summed E-state index contributed by atoms with van der Waals surface area (Å²) in [6, 6.07) is 0.907. The van der Waals surface area contributed by atoms with Gasteiger partial charge in [0.05, 0.1) is 0 Å². The van der Waals surface area contributed by atoms with Gasteiger partial charge < -0.3 is 0 Å². The van der Waals surface area contributed by atoms with E-state index < -0.39 is 0 Å². The lowest BCUT2D eigenvalue weighted by atomic mass is 10.3. The Labute approximate surface area is 63.8 Å². The first-order valence-electron chi connectivity index (χ1n) is 3.08. The van der Waals surface area contributed by atoms with Gasteiger partial charge >= 0.3 is 0 Å². The second-order valence-corrected chi connectivity index (χ2v) is 2.63. The molecular weight excluding hydrogens is 136 g/mol. The molecule has 9 heavy (non-hydrogen) atoms. The first-order valence-corrected chi connectivity index (χ1v) is 3.08. The molecule has 2 nitrogen and oxygen atoms in total. The van der Waals surface area contributed by atoms with Gasteiger partial charge in [0.25, 0.3) is 0 Å². The van der Waals surface area contributed by atoms with E-state index in [2.05, 4.69) is 27.7 Å². The van der Waals surface area contributed by atoms with E-state index in [9.17, 15) is 0 Å². The molecule has 58 valence electrons. The van der Waals surface area contributed by atoms with Crippen LogP contribution in [0.4, 0.5) is 0 Å². The van der Waals surface area contributed by atoms with Gasteiger partial charge in [0.2, 0.25) is 0 Å². The summed E-state index contributed by atoms with van der Waals surface area (Å²) < 4.78 is 0. The maximum Gasteiger partial charge on any atom is 0.0187 e. The van der Waals surface area contributed by atoms with E-state index >= 15 is 0 Å². The minimum Gasteiger partial charge on any atom is -0.268 e. The van der Waals surface area contributed by atoms with E-state index in [0.717, 1.165) is 0 Å². The van der Waals surface area contributed by atoms with Crippen LogP contribution in [0.2, 0.25) is 0 Å². The summed E-state index contributed by atoms with van der Waals surface area (Å²) in [7, 11) is 0. The smallest absolute Gasteiger partial charge is 0.0187 e. The molecule has 0 spiro atoms. The lowest BCUT2D eigenvalue weighted by molar-refractivity contribution is 0.179. The SMILES string of the molecule is CC(C)N(N)C(C)C.Cl. The summed E-state index contributed by atoms with van der Waals surface area (Å²) in [5.41, 5.74) is 0. The molecule has 0 rings (SSSR count). The number of rotatable bonds is 2. The summed E-state index contributed by atoms with van der Waals surface area (Å²) in [6.07, 6.45) is 0. The molecule has 0 aromatic heterocycles. The van der Waals surface area contributed by atoms with Gasteiger partial charge in [-0.3, -0.25) is 5.84 Å². The monoisotopic (exact) mass is 152 g/mol. The Bertz CT molecular complexity index is 56.1. The summed E-state index contributed by atoms with van der Waals surface area (Å²) in [4.78, 5) is 0. The van der Waals surface area contributed by atoms with Crippen LogP contribution in [0.15, 0.2) is 0 Å². The minimum absolute atomic E-state index is 0. The van der Waals surface area contributed by atoms with Crippen molar-refractivity contribution in [2.24, 2.45) is 5.84 Å². The third-order valence-corrected chi connectivity index (χ3v) is 1.19. The lowest BCUT2D eigenvalue weighted by Crippen LogP contribution is -2.42. The van der Waals surface area contributed by atoms with Gasteiger partial charge in [-0.05, 0) is 27.7 Å². The van der Waals surface area contributed by atoms with Crippen molar-refractivity contribution in [2.45, 2.75) is 39.8 Å². The van der Waals surface area contributed by atoms with Crippen LogP contribution in [-0.2, 0) is 0 Å². The Morgan fingerprint density at radius 3 is 1.22 bits per heavy atom. The maximum atomic E-state index is 5.59. The van der Waals surface area contributed by atoms with Crippen LogP contribution < -0.4 is 5.84 Å². The third kappa shape index (κ3) is 4.70. The fourth-order valence-corrected chi connectivity index (χ4v) is 0.596. The van der Waals surface area contributed by atoms with Crippen LogP contribution in [0.5, 0.6) is 0 Å². The van der Waals surface area contributed by atoms with Gasteiger partial charge in [-0.2, -0.15) is 0 Å². The summed E-state index contributed by atoms with van der Waals surface area (Å²) in [5.74, 6) is 5.59. The Balaban J connectivity index is 0. The zero-order chi connectivity index (χ0) is 6.73. The molecule has 0 aliphatic rings. The zero-order valence-electron chi connectivity index (χ0n) is 6.59. The van der Waals surface area contributed by atoms with E-state index in [-0.39, 0.29) is 12.4 Å². The van der Waals surface area contributed by atoms with Crippen molar-refractivity contribution in [2.75, 3.05) is 0 Å². The fraction of sp³-hybridized carbons (Fsp3) is 1.00. The van der Waals surface area contributed by atoms with Gasteiger partial charge in [0.1, 0.15) is 0 Å². The van der Waals surface area contributed by atoms with E-state index in [1.807, 2.05) is 5.01 Å². The molecule has 0 aliphatic carbocycles. The fourth-order valence-electron chi connectivity index (χ4n) is 0.596. The highest BCUT2D eigenvalue weighted by atomic mass is 35.5. The first kappa shape index (κ1) is 11.9. The third-order valence-electron chi connectivity index (χ3n) is 1.19. The Hall–Kier alpha value is 0.210. The quantitative estimate of drug-likeness (QED) is 0.479. The maximum absolute atomic E-state index is 5.59. The number of nitrogens with two attached hydrogens (primary N) is 1. The molecule has 0 unspecified atom stereocenters. The van der Waals surface area contributed by atoms with Crippen LogP contribution in [0.25, 0.3) is 0 Å². The van der Waals surface area contributed by atoms with Crippen LogP contribution in [0.3, 0.4) is 0 Å². The van der Waals surface area contributed by atoms with Crippen molar-refractivity contribution in [3.8, 4) is 0 Å². The Morgan fingerprint density at radius 2 is 1.22 bits per heavy atom. The van der Waals surface area contributed by atoms with Crippen molar-refractivity contribution in [1.29, 1.82) is 0 Å². The Morgan fingerprint density at radius 1 is 1.00 bits per heavy atom. The molecular formula is C6H17ClN2. The summed E-state index contributed by atoms with van der Waals surface area (Å²) >= 11 is 0. The molecule has 0 fully saturated rings. The molecule has 0 aromatic carbocycles. The molecule has 2 N–H and O–H groups in total. The van der Waals surface area contributed by atoms with Gasteiger partial charge in [0, 0.05) is 12.1 Å². The number of nitrogens with zero attached hydrogens (tertiary/aromatic N) is 1. The average molecular weight is 153 g/mol. The number of hydrazine groups is 1. The van der Waals surface area contributed by atoms with Crippen LogP contribution in [-0.4, -0.2) is 17.1 Å². The van der Waals surface area contributed by atoms with E-state index in [1.165, 1.54) is 0 Å². The minimum atomic E-state index is 0. The van der Waals surface area contributed by atoms with Crippen molar-refractivity contribution in [3.05, 3.63) is 0 Å². The van der Waals surface area contributed by atoms with E-state index in [1.54, 1.807) is 0 Å². The van der Waals surface area contributed by atoms with Gasteiger partial charge in [-0.25, -0.2) is 5.01 Å². The second-order valence-electron chi connectivity index (χ2n) is 2.63. The standard InChI is InChI=1S/C6H16N2.ClH/c1-5(2)8(7)6(3)4;/h5-6H,7H2,1-4H3;1H. The molecule has 0 bridgehead atoms. The largest absolute Gasteiger partial charge is 0.268 e. The van der Waals surface area contributed by atoms with Crippen molar-refractivity contribution in [1.82, 2.24) is 5.01 Å². The lowest BCUT2D eigenvalue weighted by Gasteiger charge is -2.24. The normalized spacial score (nSPS) is 10.7. The topological polar surface area (TPSA) is 29.3 Å². The molecule has 0 saturated heterocycles. The molecule has 0 saturated carbocycles. The summed E-state index contributed by atoms with van der Waals surface area (Å²) in [5, 5.41) is 1.83. The van der Waals surface area contributed by atoms with Crippen molar-refractivity contribution < 1.29 is 0 Å². The Kier molecular flexibility index (Phi) is 6.68. The first-order chi connectivity index (χ1) is 3.55. The van der Waals surface area contributed by atoms with Gasteiger partial charge in [-0.1, -0.05) is 0 Å². The molecule has 0 aliphatic heterocycles.